The molecule has 8 fully saturated rings. The number of nitrogens with one attached hydrogen (secondary N) is 2. The second kappa shape index (κ2) is 44.6. The summed E-state index contributed by atoms with van der Waals surface area (Å²) in [6.07, 6.45) is -19.7. The summed E-state index contributed by atoms with van der Waals surface area (Å²) in [7, 11) is 1.06. The van der Waals surface area contributed by atoms with Crippen molar-refractivity contribution in [1.29, 1.82) is 0 Å². The molecule has 0 saturated carbocycles. The van der Waals surface area contributed by atoms with Gasteiger partial charge in [-0.1, -0.05) is 84.7 Å². The fourth-order valence-corrected chi connectivity index (χ4v) is 26.6. The molecule has 29 atom stereocenters. The molecule has 8 aliphatic heterocycles. The highest BCUT2D eigenvalue weighted by molar-refractivity contribution is 8.32. The van der Waals surface area contributed by atoms with E-state index >= 15 is 4.89 Å². The van der Waals surface area contributed by atoms with Gasteiger partial charge in [0.15, 0.2) is 29.7 Å². The highest BCUT2D eigenvalue weighted by Gasteiger charge is 2.51. The minimum Gasteiger partial charge on any atom is -0.780 e. The van der Waals surface area contributed by atoms with Crippen molar-refractivity contribution in [3.63, 3.8) is 0 Å². The molecule has 0 aromatic carbocycles. The molecule has 0 bridgehead atoms. The van der Waals surface area contributed by atoms with E-state index in [2.05, 4.69) is 55.2 Å². The number of nitrogens with zero attached hydrogens (tertiary/aromatic N) is 16. The highest BCUT2D eigenvalue weighted by Crippen LogP contribution is 2.57. The van der Waals surface area contributed by atoms with E-state index in [1.165, 1.54) is 72.0 Å². The molecule has 0 aliphatic carbocycles. The molecule has 8 aliphatic rings. The second-order valence-electron chi connectivity index (χ2n) is 34.0. The highest BCUT2D eigenvalue weighted by atomic mass is 32.7. The molecule has 58 nitrogen and oxygen atoms in total. The molecule has 8 aromatic heterocycles. The molecule has 12 N–H and O–H groups in total. The third-order valence-electron chi connectivity index (χ3n) is 24.2. The number of fused-ring (bicyclic) bond motifs is 2. The standard InChI is InChI=1S/C72H100N23O35P7S7/c1-8-36-37(9-50(117-36)89-16-31(2)59(73)84-68(89)98)125-132(104,139)111-22-45-39(10-51(118-45)90-17-32(3)60(74)85-69(90)99)126-134(106,141)113-23-46-40(11-52(119-46)91-18-33(4)61(75)86-70(91)100)127-136(108,143)116-26-49-43(15-56(123-49)95-30-83-58-63(77)79-28-81-65(58)95)130-137(109,144)115-25-48-42(13-54(121-48)93-20-35(6)67(97)88-72(93)102)129-135(107,142)114-24-47-41(12-53(120-47)92-19-34(5)66(96)87-71(92)101)128-133(105,140)112-21-44-38(124-131(103,138)110-7)14-55(122-44)94-29-82-57-62(76)78-27-80-64(57)94/h16-19,27-30,35-56H,8-15,20-26H2,1-7H3,(H,103,138)(H,104,139)(H,105,140)(H,106,141)(H,107,142)(H,108,143)(H,109,144)(H2,73,84,98)(H2,74,85,99)(H2,75,86,100)(H2,76,78,80)(H2,77,79,81)(H,87,96,101)(H,88,97,102)/p-7/t35?,36-,37?,38?,39?,40?,41?,42?,43?,44-,45-,46-,47-,48-,49-,50-,51-,52-,53-,54-,55-,56-,131?,132?,133?,134?,135?,136?,137?/m1/s1. The smallest absolute Gasteiger partial charge is 0.351 e. The van der Waals surface area contributed by atoms with Crippen LogP contribution in [0.4, 0.5) is 33.9 Å². The number of amides is 3. The number of hydrogen-bond acceptors (Lipinski definition) is 56. The molecular weight excluding hydrogens is 2190 g/mol. The van der Waals surface area contributed by atoms with E-state index in [1.807, 2.05) is 0 Å². The average molecular weight is 2280 g/mol. The Kier molecular flexibility index (Phi) is 34.2. The number of nitrogen functional groups attached to an aromatic ring is 5. The van der Waals surface area contributed by atoms with Crippen LogP contribution in [-0.4, -0.2) is 239 Å². The number of imide groups is 1. The first-order valence-corrected chi connectivity index (χ1v) is 61.5. The number of rotatable bonds is 41. The van der Waals surface area contributed by atoms with Crippen LogP contribution in [0.2, 0.25) is 0 Å². The number of ether oxygens (including phenoxy) is 7. The van der Waals surface area contributed by atoms with Crippen molar-refractivity contribution >= 4 is 194 Å². The number of anilines is 5. The van der Waals surface area contributed by atoms with Gasteiger partial charge in [-0.05, 0) is 34.1 Å². The van der Waals surface area contributed by atoms with E-state index in [1.54, 1.807) is 20.8 Å². The van der Waals surface area contributed by atoms with E-state index < -0.39 is 281 Å². The number of hydrogen-bond donors (Lipinski definition) is 7. The minimum atomic E-state index is -5.02. The number of carbonyl (C=O) groups excluding carboxylic acids is 2. The zero-order valence-corrected chi connectivity index (χ0v) is 88.2. The van der Waals surface area contributed by atoms with Crippen LogP contribution in [0.1, 0.15) is 125 Å². The Morgan fingerprint density at radius 1 is 0.410 bits per heavy atom. The van der Waals surface area contributed by atoms with E-state index in [-0.39, 0.29) is 89.2 Å². The largest absolute Gasteiger partial charge is 0.780 e. The van der Waals surface area contributed by atoms with Crippen molar-refractivity contribution in [2.75, 3.05) is 82.0 Å². The van der Waals surface area contributed by atoms with Gasteiger partial charge in [0.2, 0.25) is 5.91 Å². The van der Waals surface area contributed by atoms with E-state index in [9.17, 15) is 62.6 Å². The van der Waals surface area contributed by atoms with Gasteiger partial charge >= 0.3 is 28.8 Å². The van der Waals surface area contributed by atoms with Gasteiger partial charge in [-0.3, -0.25) is 56.8 Å². The summed E-state index contributed by atoms with van der Waals surface area (Å²) in [5.74, 6) is -1.69. The number of nitrogens with two attached hydrogens (primary N) is 5. The molecule has 16 rings (SSSR count). The molecule has 8 aromatic rings. The predicted octanol–water partition coefficient (Wildman–Crippen LogP) is -1.82. The van der Waals surface area contributed by atoms with Gasteiger partial charge in [0.05, 0.1) is 107 Å². The lowest BCUT2D eigenvalue weighted by atomic mass is 10.1. The van der Waals surface area contributed by atoms with Crippen molar-refractivity contribution in [3.05, 3.63) is 125 Å². The first kappa shape index (κ1) is 110. The van der Waals surface area contributed by atoms with Crippen molar-refractivity contribution in [2.24, 2.45) is 5.92 Å². The van der Waals surface area contributed by atoms with Crippen LogP contribution in [0.5, 0.6) is 0 Å². The lowest BCUT2D eigenvalue weighted by Gasteiger charge is -2.36. The van der Waals surface area contributed by atoms with Crippen molar-refractivity contribution in [1.82, 2.24) is 87.5 Å². The lowest BCUT2D eigenvalue weighted by molar-refractivity contribution is -0.221. The zero-order valence-electron chi connectivity index (χ0n) is 76.2. The van der Waals surface area contributed by atoms with Gasteiger partial charge in [-0.25, -0.2) is 53.9 Å². The van der Waals surface area contributed by atoms with E-state index in [0.29, 0.717) is 23.1 Å². The van der Waals surface area contributed by atoms with Crippen molar-refractivity contribution in [2.45, 2.75) is 222 Å². The Morgan fingerprint density at radius 3 is 1.06 bits per heavy atom. The maximum atomic E-state index is 15.0. The SMILES string of the molecule is CC[C@H]1O[C@@H](n2cc(C)c(N)nc2=O)CC1OP([O-])(=S)OC[C@H]1O[C@@H](n2cc(C)c(N)nc2=O)CC1OP(=O)([S-])OC[C@H]1O[C@@H](n2cc(C)c(N)nc2=O)CC1OP([O-])(=S)OC[C@H]1O[C@@H](n2cnc3c(N)ncnc32)CC1OP([O-])(=S)OC[C@H]1O[C@@H](N2CC(C)C(=O)NC2=O)CC1OP([O-])(=S)OC[C@H]1O[C@@H](n2cc(C)c(=O)[nH]c2=O)CC1OP([O-])(=S)OC[C@H]1O[C@@H](n2cnc3c(N)ncnc32)CC1OP([O-])(=S)OC. The molecule has 3 amide bonds. The topological polar surface area (TPSA) is 775 Å². The number of aromatic amines is 1. The molecule has 144 heavy (non-hydrogen) atoms. The van der Waals surface area contributed by atoms with Gasteiger partial charge in [0.1, 0.15) is 162 Å². The monoisotopic (exact) mass is 2280 g/mol. The summed E-state index contributed by atoms with van der Waals surface area (Å²) >= 11 is 38.1. The summed E-state index contributed by atoms with van der Waals surface area (Å²) in [4.78, 5) is 219. The molecule has 790 valence electrons. The number of carbonyl (C=O) groups is 2. The van der Waals surface area contributed by atoms with E-state index in [0.717, 1.165) is 38.2 Å². The normalized spacial score (nSPS) is 30.8. The second-order valence-corrected chi connectivity index (χ2v) is 53.1. The first-order valence-electron chi connectivity index (χ1n) is 43.6. The average Bonchev–Trinajstić information content (AvgIpc) is 1.62. The summed E-state index contributed by atoms with van der Waals surface area (Å²) in [5.41, 5.74) is 27.6. The molecule has 72 heteroatoms. The number of H-pyrrole nitrogens is 1. The Balaban J connectivity index is 0.603. The molecule has 8 saturated heterocycles. The van der Waals surface area contributed by atoms with Crippen LogP contribution in [-0.2, 0) is 189 Å². The van der Waals surface area contributed by atoms with Gasteiger partial charge in [0, 0.05) is 106 Å². The van der Waals surface area contributed by atoms with Crippen LogP contribution >= 0.6 is 47.1 Å². The number of urea groups is 1. The number of aromatic nitrogens is 16. The maximum Gasteiger partial charge on any atom is 0.351 e. The maximum absolute atomic E-state index is 15.0. The van der Waals surface area contributed by atoms with Crippen molar-refractivity contribution in [3.8, 4) is 0 Å². The van der Waals surface area contributed by atoms with Gasteiger partial charge in [0.25, 0.3) is 5.56 Å². The van der Waals surface area contributed by atoms with Crippen LogP contribution in [0.25, 0.3) is 22.3 Å². The van der Waals surface area contributed by atoms with E-state index in [4.69, 9.17) is 208 Å². The van der Waals surface area contributed by atoms with Crippen LogP contribution in [0.3, 0.4) is 0 Å². The molecule has 0 spiro atoms. The van der Waals surface area contributed by atoms with Crippen LogP contribution < -0.4 is 91.7 Å². The number of imidazole rings is 2. The van der Waals surface area contributed by atoms with Crippen molar-refractivity contribution < 1.29 is 140 Å². The summed E-state index contributed by atoms with van der Waals surface area (Å²) in [6, 6.07) is -0.931. The predicted molar refractivity (Wildman–Crippen MR) is 510 cm³/mol. The van der Waals surface area contributed by atoms with Gasteiger partial charge < -0.3 is 167 Å². The quantitative estimate of drug-likeness (QED) is 0.0164. The molecular formula is C72H93N23O35P7S7-7. The minimum absolute atomic E-state index is 0.00950. The summed E-state index contributed by atoms with van der Waals surface area (Å²) < 4.78 is 148. The van der Waals surface area contributed by atoms with Gasteiger partial charge in [-0.2, -0.15) is 15.0 Å². The van der Waals surface area contributed by atoms with Crippen LogP contribution in [0, 0.1) is 33.6 Å². The lowest BCUT2D eigenvalue weighted by Crippen LogP contribution is -2.57. The van der Waals surface area contributed by atoms with Gasteiger partial charge in [-0.15, -0.1) is 0 Å². The Bertz CT molecular complexity index is 6890. The number of aryl methyl sites for hydroxylation is 4. The Hall–Kier alpha value is -6.24. The third kappa shape index (κ3) is 26.0. The zero-order chi connectivity index (χ0) is 104. The molecule has 15 unspecified atom stereocenters. The Morgan fingerprint density at radius 2 is 0.708 bits per heavy atom. The fourth-order valence-electron chi connectivity index (χ4n) is 16.9. The summed E-state index contributed by atoms with van der Waals surface area (Å²) in [5, 5.41) is 2.22. The fraction of sp³-hybridized carbons (Fsp3) is 0.611. The third-order valence-corrected chi connectivity index (χ3v) is 35.3. The van der Waals surface area contributed by atoms with Crippen LogP contribution in [0.15, 0.2) is 74.1 Å². The molecule has 16 heterocycles. The first-order chi connectivity index (χ1) is 67.8. The summed E-state index contributed by atoms with van der Waals surface area (Å²) in [6.45, 7) is -29.4. The Labute approximate surface area is 850 Å². The molecule has 0 radical (unpaired) electrons.